The van der Waals surface area contributed by atoms with Gasteiger partial charge in [-0.3, -0.25) is 0 Å². The van der Waals surface area contributed by atoms with E-state index in [1.165, 1.54) is 7.11 Å². The van der Waals surface area contributed by atoms with Gasteiger partial charge in [-0.2, -0.15) is 0 Å². The van der Waals surface area contributed by atoms with Crippen LogP contribution in [0.2, 0.25) is 0 Å². The molecule has 2 atom stereocenters. The maximum absolute atomic E-state index is 12.4. The summed E-state index contributed by atoms with van der Waals surface area (Å²) in [6.07, 6.45) is -0.510. The van der Waals surface area contributed by atoms with Gasteiger partial charge in [-0.05, 0) is 17.7 Å². The molecule has 0 amide bonds. The van der Waals surface area contributed by atoms with Crippen molar-refractivity contribution in [1.29, 1.82) is 0 Å². The summed E-state index contributed by atoms with van der Waals surface area (Å²) in [5.74, 6) is 0.412. The molecule has 0 bridgehead atoms. The number of methoxy groups -OCH3 is 1. The van der Waals surface area contributed by atoms with Crippen LogP contribution in [0.1, 0.15) is 11.7 Å². The largest absolute Gasteiger partial charge is 0.463 e. The van der Waals surface area contributed by atoms with Gasteiger partial charge >= 0.3 is 0 Å². The van der Waals surface area contributed by atoms with Crippen molar-refractivity contribution in [3.63, 3.8) is 0 Å². The minimum absolute atomic E-state index is 0.412. The molecule has 0 aliphatic carbocycles. The topological polar surface area (TPSA) is 44.5 Å². The molecular formula is C11H15F2NO2. The summed E-state index contributed by atoms with van der Waals surface area (Å²) in [6.45, 7) is -1.54. The summed E-state index contributed by atoms with van der Waals surface area (Å²) in [4.78, 5) is 0. The van der Waals surface area contributed by atoms with Crippen LogP contribution in [0.3, 0.4) is 0 Å². The van der Waals surface area contributed by atoms with Crippen molar-refractivity contribution in [1.82, 2.24) is 0 Å². The maximum atomic E-state index is 12.4. The van der Waals surface area contributed by atoms with Crippen molar-refractivity contribution in [3.8, 4) is 5.75 Å². The number of nitrogens with two attached hydrogens (primary N) is 1. The van der Waals surface area contributed by atoms with Crippen molar-refractivity contribution in [3.05, 3.63) is 29.8 Å². The molecule has 2 unspecified atom stereocenters. The molecule has 16 heavy (non-hydrogen) atoms. The SMILES string of the molecule is COC(c1ccc(OCF)cc1)C(N)CF. The molecule has 90 valence electrons. The van der Waals surface area contributed by atoms with Crippen LogP contribution < -0.4 is 10.5 Å². The highest BCUT2D eigenvalue weighted by atomic mass is 19.1. The highest BCUT2D eigenvalue weighted by Crippen LogP contribution is 2.22. The molecule has 2 N–H and O–H groups in total. The minimum atomic E-state index is -0.878. The smallest absolute Gasteiger partial charge is 0.228 e. The molecular weight excluding hydrogens is 216 g/mol. The maximum Gasteiger partial charge on any atom is 0.228 e. The Morgan fingerprint density at radius 1 is 1.25 bits per heavy atom. The summed E-state index contributed by atoms with van der Waals surface area (Å²) in [6, 6.07) is 5.82. The highest BCUT2D eigenvalue weighted by molar-refractivity contribution is 5.29. The number of benzene rings is 1. The number of halogens is 2. The second-order valence-electron chi connectivity index (χ2n) is 3.30. The molecule has 0 saturated heterocycles. The van der Waals surface area contributed by atoms with Gasteiger partial charge in [0.15, 0.2) is 0 Å². The Labute approximate surface area is 93.2 Å². The van der Waals surface area contributed by atoms with E-state index in [1.54, 1.807) is 24.3 Å². The van der Waals surface area contributed by atoms with E-state index >= 15 is 0 Å². The molecule has 1 aromatic rings. The summed E-state index contributed by atoms with van der Waals surface area (Å²) in [5.41, 5.74) is 6.30. The van der Waals surface area contributed by atoms with Crippen LogP contribution in [0, 0.1) is 0 Å². The standard InChI is InChI=1S/C11H15F2NO2/c1-15-11(10(14)6-12)8-2-4-9(5-3-8)16-7-13/h2-5,10-11H,6-7,14H2,1H3. The van der Waals surface area contributed by atoms with E-state index in [0.717, 1.165) is 5.56 Å². The lowest BCUT2D eigenvalue weighted by Gasteiger charge is -2.20. The van der Waals surface area contributed by atoms with E-state index in [1.807, 2.05) is 0 Å². The van der Waals surface area contributed by atoms with Crippen LogP contribution in [-0.4, -0.2) is 26.7 Å². The van der Waals surface area contributed by atoms with Gasteiger partial charge in [0, 0.05) is 7.11 Å². The van der Waals surface area contributed by atoms with E-state index < -0.39 is 25.7 Å². The summed E-state index contributed by atoms with van der Waals surface area (Å²) >= 11 is 0. The molecule has 0 heterocycles. The Morgan fingerprint density at radius 3 is 2.31 bits per heavy atom. The minimum Gasteiger partial charge on any atom is -0.463 e. The molecule has 0 spiro atoms. The predicted octanol–water partition coefficient (Wildman–Crippen LogP) is 1.98. The lowest BCUT2D eigenvalue weighted by molar-refractivity contribution is 0.0720. The van der Waals surface area contributed by atoms with Crippen LogP contribution in [0.4, 0.5) is 8.78 Å². The van der Waals surface area contributed by atoms with Crippen molar-refractivity contribution in [2.75, 3.05) is 20.6 Å². The molecule has 0 aliphatic heterocycles. The second-order valence-corrected chi connectivity index (χ2v) is 3.30. The first-order valence-corrected chi connectivity index (χ1v) is 4.86. The van der Waals surface area contributed by atoms with Crippen LogP contribution in [0.5, 0.6) is 5.75 Å². The van der Waals surface area contributed by atoms with Crippen LogP contribution in [0.25, 0.3) is 0 Å². The van der Waals surface area contributed by atoms with Crippen molar-refractivity contribution >= 4 is 0 Å². The first-order chi connectivity index (χ1) is 7.72. The Balaban J connectivity index is 2.78. The molecule has 0 aliphatic rings. The molecule has 0 fully saturated rings. The van der Waals surface area contributed by atoms with E-state index in [9.17, 15) is 8.78 Å². The van der Waals surface area contributed by atoms with Crippen LogP contribution in [-0.2, 0) is 4.74 Å². The zero-order valence-corrected chi connectivity index (χ0v) is 9.03. The highest BCUT2D eigenvalue weighted by Gasteiger charge is 2.19. The lowest BCUT2D eigenvalue weighted by Crippen LogP contribution is -2.31. The predicted molar refractivity (Wildman–Crippen MR) is 56.7 cm³/mol. The Morgan fingerprint density at radius 2 is 1.88 bits per heavy atom. The number of alkyl halides is 2. The quantitative estimate of drug-likeness (QED) is 0.814. The van der Waals surface area contributed by atoms with E-state index in [4.69, 9.17) is 10.5 Å². The summed E-state index contributed by atoms with van der Waals surface area (Å²) in [5, 5.41) is 0. The van der Waals surface area contributed by atoms with Gasteiger partial charge in [0.25, 0.3) is 0 Å². The Kier molecular flexibility index (Phi) is 5.14. The number of hydrogen-bond donors (Lipinski definition) is 1. The first kappa shape index (κ1) is 12.9. The molecule has 3 nitrogen and oxygen atoms in total. The number of rotatable bonds is 6. The Hall–Kier alpha value is -1.20. The molecule has 1 aromatic carbocycles. The average Bonchev–Trinajstić information content (AvgIpc) is 2.32. The van der Waals surface area contributed by atoms with Crippen LogP contribution >= 0.6 is 0 Å². The van der Waals surface area contributed by atoms with E-state index in [2.05, 4.69) is 4.74 Å². The molecule has 0 saturated carbocycles. The van der Waals surface area contributed by atoms with E-state index in [-0.39, 0.29) is 0 Å². The lowest BCUT2D eigenvalue weighted by atomic mass is 10.0. The molecule has 0 aromatic heterocycles. The van der Waals surface area contributed by atoms with Gasteiger partial charge in [0.2, 0.25) is 6.86 Å². The molecule has 5 heteroatoms. The van der Waals surface area contributed by atoms with Crippen molar-refractivity contribution in [2.24, 2.45) is 5.73 Å². The summed E-state index contributed by atoms with van der Waals surface area (Å²) < 4.78 is 34.1. The van der Waals surface area contributed by atoms with Crippen molar-refractivity contribution < 1.29 is 18.3 Å². The van der Waals surface area contributed by atoms with Gasteiger partial charge in [0.1, 0.15) is 12.4 Å². The average molecular weight is 231 g/mol. The van der Waals surface area contributed by atoms with Gasteiger partial charge in [-0.25, -0.2) is 8.78 Å². The third kappa shape index (κ3) is 3.15. The van der Waals surface area contributed by atoms with Crippen LogP contribution in [0.15, 0.2) is 24.3 Å². The van der Waals surface area contributed by atoms with Gasteiger partial charge < -0.3 is 15.2 Å². The molecule has 0 radical (unpaired) electrons. The van der Waals surface area contributed by atoms with Gasteiger partial charge in [-0.1, -0.05) is 12.1 Å². The number of hydrogen-bond acceptors (Lipinski definition) is 3. The molecule has 1 rings (SSSR count). The fourth-order valence-electron chi connectivity index (χ4n) is 1.46. The normalized spacial score (nSPS) is 14.5. The zero-order valence-electron chi connectivity index (χ0n) is 9.03. The monoisotopic (exact) mass is 231 g/mol. The fourth-order valence-corrected chi connectivity index (χ4v) is 1.46. The first-order valence-electron chi connectivity index (χ1n) is 4.86. The third-order valence-electron chi connectivity index (χ3n) is 2.25. The third-order valence-corrected chi connectivity index (χ3v) is 2.25. The second kappa shape index (κ2) is 6.40. The fraction of sp³-hybridized carbons (Fsp3) is 0.455. The van der Waals surface area contributed by atoms with Gasteiger partial charge in [0.05, 0.1) is 12.1 Å². The van der Waals surface area contributed by atoms with Gasteiger partial charge in [-0.15, -0.1) is 0 Å². The number of ether oxygens (including phenoxy) is 2. The van der Waals surface area contributed by atoms with E-state index in [0.29, 0.717) is 5.75 Å². The summed E-state index contributed by atoms with van der Waals surface area (Å²) in [7, 11) is 1.46. The zero-order chi connectivity index (χ0) is 12.0. The van der Waals surface area contributed by atoms with Crippen molar-refractivity contribution in [2.45, 2.75) is 12.1 Å². The Bertz CT molecular complexity index is 305.